The van der Waals surface area contributed by atoms with Gasteiger partial charge in [0.15, 0.2) is 0 Å². The molecule has 1 aliphatic heterocycles. The fraction of sp³-hybridized carbons (Fsp3) is 0.154. The second kappa shape index (κ2) is 9.41. The maximum absolute atomic E-state index is 13.3. The van der Waals surface area contributed by atoms with Crippen LogP contribution >= 0.6 is 23.2 Å². The number of halogens is 2. The van der Waals surface area contributed by atoms with Crippen LogP contribution in [0.3, 0.4) is 0 Å². The van der Waals surface area contributed by atoms with Crippen LogP contribution in [0.25, 0.3) is 5.76 Å². The number of anilines is 1. The van der Waals surface area contributed by atoms with Crippen LogP contribution in [0.2, 0.25) is 10.0 Å². The van der Waals surface area contributed by atoms with Crippen LogP contribution in [-0.2, 0) is 9.59 Å². The third kappa shape index (κ3) is 4.11. The third-order valence-corrected chi connectivity index (χ3v) is 6.42. The lowest BCUT2D eigenvalue weighted by Crippen LogP contribution is -2.29. The van der Waals surface area contributed by atoms with Gasteiger partial charge in [-0.25, -0.2) is 0 Å². The summed E-state index contributed by atoms with van der Waals surface area (Å²) in [6.07, 6.45) is 0. The van der Waals surface area contributed by atoms with E-state index in [-0.39, 0.29) is 21.9 Å². The largest absolute Gasteiger partial charge is 0.507 e. The lowest BCUT2D eigenvalue weighted by Gasteiger charge is -2.26. The van der Waals surface area contributed by atoms with Crippen molar-refractivity contribution in [2.45, 2.75) is 13.0 Å². The van der Waals surface area contributed by atoms with Crippen molar-refractivity contribution >= 4 is 46.3 Å². The molecule has 0 saturated carbocycles. The molecule has 1 N–H and O–H groups in total. The molecular weight excluding hydrogens is 477 g/mol. The first-order valence-electron chi connectivity index (χ1n) is 10.3. The van der Waals surface area contributed by atoms with Crippen LogP contribution in [-0.4, -0.2) is 31.0 Å². The summed E-state index contributed by atoms with van der Waals surface area (Å²) in [5.74, 6) is -1.01. The number of Topliss-reactive ketones (excluding diaryl/α,β-unsaturated/α-hetero) is 1. The van der Waals surface area contributed by atoms with Crippen LogP contribution in [0.1, 0.15) is 22.7 Å². The van der Waals surface area contributed by atoms with Crippen molar-refractivity contribution in [3.05, 3.63) is 93.0 Å². The highest BCUT2D eigenvalue weighted by molar-refractivity contribution is 6.52. The normalized spacial score (nSPS) is 17.2. The predicted molar refractivity (Wildman–Crippen MR) is 132 cm³/mol. The highest BCUT2D eigenvalue weighted by Gasteiger charge is 2.47. The smallest absolute Gasteiger partial charge is 0.300 e. The number of rotatable bonds is 5. The second-order valence-corrected chi connectivity index (χ2v) is 8.54. The van der Waals surface area contributed by atoms with Gasteiger partial charge in [-0.1, -0.05) is 41.4 Å². The number of hydrogen-bond acceptors (Lipinski definition) is 5. The van der Waals surface area contributed by atoms with E-state index in [1.54, 1.807) is 54.6 Å². The third-order valence-electron chi connectivity index (χ3n) is 5.71. The van der Waals surface area contributed by atoms with Gasteiger partial charge in [0.25, 0.3) is 11.7 Å². The van der Waals surface area contributed by atoms with Crippen LogP contribution in [0.15, 0.2) is 66.2 Å². The van der Waals surface area contributed by atoms with Gasteiger partial charge in [0.1, 0.15) is 17.3 Å². The minimum Gasteiger partial charge on any atom is -0.507 e. The molecule has 1 atom stereocenters. The quantitative estimate of drug-likeness (QED) is 0.268. The number of ketones is 1. The number of amides is 1. The fourth-order valence-electron chi connectivity index (χ4n) is 3.93. The number of hydrogen-bond donors (Lipinski definition) is 1. The lowest BCUT2D eigenvalue weighted by atomic mass is 9.95. The summed E-state index contributed by atoms with van der Waals surface area (Å²) >= 11 is 12.6. The van der Waals surface area contributed by atoms with Crippen molar-refractivity contribution in [2.75, 3.05) is 19.1 Å². The van der Waals surface area contributed by atoms with Crippen LogP contribution in [0.5, 0.6) is 11.5 Å². The summed E-state index contributed by atoms with van der Waals surface area (Å²) in [6, 6.07) is 15.8. The molecule has 1 fully saturated rings. The number of carbonyl (C=O) groups excluding carboxylic acids is 2. The maximum atomic E-state index is 13.3. The number of aryl methyl sites for hydroxylation is 1. The summed E-state index contributed by atoms with van der Waals surface area (Å²) in [5, 5.41) is 11.9. The lowest BCUT2D eigenvalue weighted by molar-refractivity contribution is -0.132. The van der Waals surface area contributed by atoms with E-state index in [4.69, 9.17) is 32.7 Å². The standard InChI is InChI=1S/C26H21Cl2NO5/c1-14-7-9-17(13-19(14)27)29-23(15-5-4-6-18(11-15)33-2)22(25(31)26(29)32)24(30)16-8-10-21(34-3)20(28)12-16/h4-13,23,30H,1-3H3/b24-22+. The molecule has 0 radical (unpaired) electrons. The Labute approximate surface area is 206 Å². The van der Waals surface area contributed by atoms with E-state index < -0.39 is 17.7 Å². The fourth-order valence-corrected chi connectivity index (χ4v) is 4.36. The zero-order chi connectivity index (χ0) is 24.6. The molecule has 6 nitrogen and oxygen atoms in total. The van der Waals surface area contributed by atoms with Crippen molar-refractivity contribution < 1.29 is 24.2 Å². The molecule has 1 saturated heterocycles. The minimum atomic E-state index is -0.922. The predicted octanol–water partition coefficient (Wildman–Crippen LogP) is 5.95. The van der Waals surface area contributed by atoms with E-state index in [1.165, 1.54) is 25.2 Å². The Morgan fingerprint density at radius 1 is 0.941 bits per heavy atom. The second-order valence-electron chi connectivity index (χ2n) is 7.73. The molecule has 1 amide bonds. The highest BCUT2D eigenvalue weighted by atomic mass is 35.5. The Bertz CT molecular complexity index is 1330. The van der Waals surface area contributed by atoms with Gasteiger partial charge < -0.3 is 14.6 Å². The van der Waals surface area contributed by atoms with E-state index in [2.05, 4.69) is 0 Å². The summed E-state index contributed by atoms with van der Waals surface area (Å²) in [4.78, 5) is 27.9. The van der Waals surface area contributed by atoms with Gasteiger partial charge >= 0.3 is 0 Å². The average Bonchev–Trinajstić information content (AvgIpc) is 3.10. The molecule has 34 heavy (non-hydrogen) atoms. The Hall–Kier alpha value is -3.48. The Balaban J connectivity index is 1.96. The van der Waals surface area contributed by atoms with Crippen LogP contribution in [0.4, 0.5) is 5.69 Å². The monoisotopic (exact) mass is 497 g/mol. The number of benzene rings is 3. The molecule has 3 aromatic carbocycles. The summed E-state index contributed by atoms with van der Waals surface area (Å²) < 4.78 is 10.5. The summed E-state index contributed by atoms with van der Waals surface area (Å²) in [6.45, 7) is 1.84. The first-order chi connectivity index (χ1) is 16.3. The number of methoxy groups -OCH3 is 2. The van der Waals surface area contributed by atoms with E-state index in [9.17, 15) is 14.7 Å². The molecule has 8 heteroatoms. The van der Waals surface area contributed by atoms with Crippen molar-refractivity contribution in [1.29, 1.82) is 0 Å². The molecule has 0 aliphatic carbocycles. The first kappa shape index (κ1) is 23.7. The highest BCUT2D eigenvalue weighted by Crippen LogP contribution is 2.44. The van der Waals surface area contributed by atoms with Gasteiger partial charge in [-0.05, 0) is 60.5 Å². The molecule has 174 valence electrons. The zero-order valence-corrected chi connectivity index (χ0v) is 20.1. The molecule has 0 bridgehead atoms. The molecule has 1 unspecified atom stereocenters. The van der Waals surface area contributed by atoms with Gasteiger partial charge in [0.2, 0.25) is 0 Å². The number of nitrogens with zero attached hydrogens (tertiary/aromatic N) is 1. The Morgan fingerprint density at radius 2 is 1.71 bits per heavy atom. The number of aliphatic hydroxyl groups is 1. The number of carbonyl (C=O) groups is 2. The first-order valence-corrected chi connectivity index (χ1v) is 11.1. The zero-order valence-electron chi connectivity index (χ0n) is 18.6. The van der Waals surface area contributed by atoms with Gasteiger partial charge in [0.05, 0.1) is 30.9 Å². The number of aliphatic hydroxyl groups excluding tert-OH is 1. The van der Waals surface area contributed by atoms with Gasteiger partial charge in [0, 0.05) is 16.3 Å². The van der Waals surface area contributed by atoms with Crippen molar-refractivity contribution in [1.82, 2.24) is 0 Å². The van der Waals surface area contributed by atoms with E-state index in [0.29, 0.717) is 27.8 Å². The molecule has 4 rings (SSSR count). The molecular formula is C26H21Cl2NO5. The summed E-state index contributed by atoms with van der Waals surface area (Å²) in [5.41, 5.74) is 2.04. The van der Waals surface area contributed by atoms with Crippen molar-refractivity contribution in [3.63, 3.8) is 0 Å². The number of ether oxygens (including phenoxy) is 2. The van der Waals surface area contributed by atoms with E-state index in [0.717, 1.165) is 5.56 Å². The molecule has 0 aromatic heterocycles. The average molecular weight is 498 g/mol. The molecule has 1 heterocycles. The van der Waals surface area contributed by atoms with Crippen molar-refractivity contribution in [3.8, 4) is 11.5 Å². The SMILES string of the molecule is COc1cccc(C2/C(=C(\O)c3ccc(OC)c(Cl)c3)C(=O)C(=O)N2c2ccc(C)c(Cl)c2)c1. The Kier molecular flexibility index (Phi) is 6.55. The Morgan fingerprint density at radius 3 is 2.35 bits per heavy atom. The molecule has 3 aromatic rings. The maximum Gasteiger partial charge on any atom is 0.300 e. The van der Waals surface area contributed by atoms with Crippen LogP contribution in [0, 0.1) is 6.92 Å². The summed E-state index contributed by atoms with van der Waals surface area (Å²) in [7, 11) is 3.00. The van der Waals surface area contributed by atoms with Gasteiger partial charge in [-0.2, -0.15) is 0 Å². The molecule has 1 aliphatic rings. The van der Waals surface area contributed by atoms with Crippen molar-refractivity contribution in [2.24, 2.45) is 0 Å². The topological polar surface area (TPSA) is 76.1 Å². The van der Waals surface area contributed by atoms with E-state index in [1.807, 2.05) is 6.92 Å². The van der Waals surface area contributed by atoms with Crippen LogP contribution < -0.4 is 14.4 Å². The minimum absolute atomic E-state index is 0.0730. The molecule has 0 spiro atoms. The van der Waals surface area contributed by atoms with Gasteiger partial charge in [-0.3, -0.25) is 14.5 Å². The van der Waals surface area contributed by atoms with E-state index >= 15 is 0 Å². The van der Waals surface area contributed by atoms with Gasteiger partial charge in [-0.15, -0.1) is 0 Å².